The number of β-amino-alcohol motifs (C(OH)–C–C–N with tert-alkyl or cyclic N) is 1. The van der Waals surface area contributed by atoms with E-state index in [1.165, 1.54) is 4.90 Å². The van der Waals surface area contributed by atoms with Crippen molar-refractivity contribution in [2.24, 2.45) is 0 Å². The van der Waals surface area contributed by atoms with Crippen molar-refractivity contribution < 1.29 is 9.90 Å². The van der Waals surface area contributed by atoms with Gasteiger partial charge in [0.25, 0.3) is 0 Å². The number of aliphatic hydroxyl groups is 1. The third kappa shape index (κ3) is 5.34. The van der Waals surface area contributed by atoms with Gasteiger partial charge in [-0.15, -0.1) is 11.8 Å². The zero-order valence-corrected chi connectivity index (χ0v) is 13.4. The van der Waals surface area contributed by atoms with Gasteiger partial charge in [0.15, 0.2) is 0 Å². The number of likely N-dealkylation sites (tertiary alicyclic amines) is 1. The Kier molecular flexibility index (Phi) is 6.08. The van der Waals surface area contributed by atoms with E-state index in [1.807, 2.05) is 23.1 Å². The second kappa shape index (κ2) is 7.82. The van der Waals surface area contributed by atoms with Gasteiger partial charge < -0.3 is 10.4 Å². The lowest BCUT2D eigenvalue weighted by molar-refractivity contribution is -0.133. The van der Waals surface area contributed by atoms with Crippen LogP contribution in [-0.4, -0.2) is 53.4 Å². The van der Waals surface area contributed by atoms with Crippen molar-refractivity contribution in [1.29, 1.82) is 0 Å². The van der Waals surface area contributed by atoms with E-state index in [2.05, 4.69) is 24.4 Å². The van der Waals surface area contributed by atoms with Gasteiger partial charge in [-0.1, -0.05) is 31.5 Å². The molecular formula is C16H24N2O2S. The standard InChI is InChI=1S/C16H24N2O2S/c1-2-8-16(20)12-18(13-16)11-15(19)17-9-10-21-14-6-4-3-5-7-14/h3-7,20H,2,8-13H2,1H3,(H,17,19). The highest BCUT2D eigenvalue weighted by atomic mass is 32.2. The first-order valence-electron chi connectivity index (χ1n) is 7.50. The molecule has 0 aliphatic carbocycles. The van der Waals surface area contributed by atoms with E-state index < -0.39 is 5.60 Å². The lowest BCUT2D eigenvalue weighted by Crippen LogP contribution is -2.63. The van der Waals surface area contributed by atoms with Crippen molar-refractivity contribution in [1.82, 2.24) is 10.2 Å². The van der Waals surface area contributed by atoms with Crippen LogP contribution in [0.2, 0.25) is 0 Å². The zero-order chi connectivity index (χ0) is 15.1. The molecule has 0 spiro atoms. The number of carbonyl (C=O) groups is 1. The molecule has 0 bridgehead atoms. The van der Waals surface area contributed by atoms with Crippen LogP contribution in [0.15, 0.2) is 35.2 Å². The summed E-state index contributed by atoms with van der Waals surface area (Å²) in [6, 6.07) is 10.2. The molecule has 2 N–H and O–H groups in total. The predicted molar refractivity (Wildman–Crippen MR) is 86.5 cm³/mol. The molecule has 116 valence electrons. The fourth-order valence-electron chi connectivity index (χ4n) is 2.66. The summed E-state index contributed by atoms with van der Waals surface area (Å²) in [5.41, 5.74) is -0.557. The summed E-state index contributed by atoms with van der Waals surface area (Å²) in [4.78, 5) is 15.0. The van der Waals surface area contributed by atoms with Crippen LogP contribution in [-0.2, 0) is 4.79 Å². The smallest absolute Gasteiger partial charge is 0.234 e. The second-order valence-corrected chi connectivity index (χ2v) is 6.80. The Hall–Kier alpha value is -1.04. The Balaban J connectivity index is 1.55. The van der Waals surface area contributed by atoms with Crippen molar-refractivity contribution in [2.45, 2.75) is 30.3 Å². The van der Waals surface area contributed by atoms with Crippen molar-refractivity contribution in [2.75, 3.05) is 31.9 Å². The number of carbonyl (C=O) groups excluding carboxylic acids is 1. The van der Waals surface area contributed by atoms with Gasteiger partial charge >= 0.3 is 0 Å². The number of amides is 1. The Morgan fingerprint density at radius 3 is 2.76 bits per heavy atom. The van der Waals surface area contributed by atoms with Gasteiger partial charge in [0.05, 0.1) is 12.1 Å². The lowest BCUT2D eigenvalue weighted by atomic mass is 9.89. The maximum absolute atomic E-state index is 11.8. The van der Waals surface area contributed by atoms with Crippen molar-refractivity contribution in [3.63, 3.8) is 0 Å². The largest absolute Gasteiger partial charge is 0.387 e. The summed E-state index contributed by atoms with van der Waals surface area (Å²) in [6.07, 6.45) is 1.80. The molecule has 1 saturated heterocycles. The summed E-state index contributed by atoms with van der Waals surface area (Å²) >= 11 is 1.74. The van der Waals surface area contributed by atoms with Crippen LogP contribution in [0.3, 0.4) is 0 Å². The number of hydrogen-bond donors (Lipinski definition) is 2. The Bertz CT molecular complexity index is 447. The van der Waals surface area contributed by atoms with Crippen LogP contribution < -0.4 is 5.32 Å². The topological polar surface area (TPSA) is 52.6 Å². The summed E-state index contributed by atoms with van der Waals surface area (Å²) in [6.45, 7) is 4.37. The number of rotatable bonds is 8. The molecule has 0 radical (unpaired) electrons. The first kappa shape index (κ1) is 16.3. The molecule has 1 aliphatic rings. The minimum absolute atomic E-state index is 0.0437. The fraction of sp³-hybridized carbons (Fsp3) is 0.562. The molecule has 4 nitrogen and oxygen atoms in total. The van der Waals surface area contributed by atoms with E-state index in [9.17, 15) is 9.90 Å². The molecule has 1 aliphatic heterocycles. The van der Waals surface area contributed by atoms with E-state index in [0.717, 1.165) is 18.6 Å². The molecule has 1 aromatic rings. The Morgan fingerprint density at radius 2 is 2.10 bits per heavy atom. The van der Waals surface area contributed by atoms with Crippen LogP contribution in [0.1, 0.15) is 19.8 Å². The minimum Gasteiger partial charge on any atom is -0.387 e. The van der Waals surface area contributed by atoms with Crippen molar-refractivity contribution >= 4 is 17.7 Å². The Morgan fingerprint density at radius 1 is 1.38 bits per heavy atom. The van der Waals surface area contributed by atoms with Crippen molar-refractivity contribution in [3.05, 3.63) is 30.3 Å². The summed E-state index contributed by atoms with van der Waals surface area (Å²) in [5, 5.41) is 13.0. The van der Waals surface area contributed by atoms with E-state index in [0.29, 0.717) is 26.2 Å². The molecule has 2 rings (SSSR count). The summed E-state index contributed by atoms with van der Waals surface area (Å²) in [5.74, 6) is 0.914. The molecule has 1 amide bonds. The Labute approximate surface area is 130 Å². The molecule has 1 fully saturated rings. The predicted octanol–water partition coefficient (Wildman–Crippen LogP) is 1.74. The van der Waals surface area contributed by atoms with Gasteiger partial charge in [0.2, 0.25) is 5.91 Å². The molecule has 5 heteroatoms. The van der Waals surface area contributed by atoms with E-state index in [-0.39, 0.29) is 5.91 Å². The monoisotopic (exact) mass is 308 g/mol. The fourth-order valence-corrected chi connectivity index (χ4v) is 3.45. The molecule has 0 unspecified atom stereocenters. The first-order chi connectivity index (χ1) is 10.1. The number of thioether (sulfide) groups is 1. The van der Waals surface area contributed by atoms with Crippen LogP contribution >= 0.6 is 11.8 Å². The van der Waals surface area contributed by atoms with Crippen LogP contribution in [0, 0.1) is 0 Å². The third-order valence-corrected chi connectivity index (χ3v) is 4.57. The highest BCUT2D eigenvalue weighted by Gasteiger charge is 2.40. The molecule has 21 heavy (non-hydrogen) atoms. The van der Waals surface area contributed by atoms with Crippen LogP contribution in [0.5, 0.6) is 0 Å². The first-order valence-corrected chi connectivity index (χ1v) is 8.49. The summed E-state index contributed by atoms with van der Waals surface area (Å²) < 4.78 is 0. The average molecular weight is 308 g/mol. The number of hydrogen-bond acceptors (Lipinski definition) is 4. The number of benzene rings is 1. The molecule has 0 saturated carbocycles. The molecule has 0 aromatic heterocycles. The minimum atomic E-state index is -0.557. The molecule has 0 atom stereocenters. The lowest BCUT2D eigenvalue weighted by Gasteiger charge is -2.46. The van der Waals surface area contributed by atoms with E-state index in [4.69, 9.17) is 0 Å². The van der Waals surface area contributed by atoms with Gasteiger partial charge in [0, 0.05) is 30.3 Å². The second-order valence-electron chi connectivity index (χ2n) is 5.63. The van der Waals surface area contributed by atoms with Crippen LogP contribution in [0.4, 0.5) is 0 Å². The molecule has 1 aromatic carbocycles. The van der Waals surface area contributed by atoms with Gasteiger partial charge in [0.1, 0.15) is 0 Å². The average Bonchev–Trinajstić information content (AvgIpc) is 2.43. The normalized spacial score (nSPS) is 17.2. The SMILES string of the molecule is CCCC1(O)CN(CC(=O)NCCSc2ccccc2)C1. The maximum Gasteiger partial charge on any atom is 0.234 e. The third-order valence-electron chi connectivity index (χ3n) is 3.55. The maximum atomic E-state index is 11.8. The van der Waals surface area contributed by atoms with Gasteiger partial charge in [-0.25, -0.2) is 0 Å². The van der Waals surface area contributed by atoms with E-state index >= 15 is 0 Å². The summed E-state index contributed by atoms with van der Waals surface area (Å²) in [7, 11) is 0. The quantitative estimate of drug-likeness (QED) is 0.567. The molecule has 1 heterocycles. The number of nitrogens with one attached hydrogen (secondary N) is 1. The van der Waals surface area contributed by atoms with Gasteiger partial charge in [-0.3, -0.25) is 9.69 Å². The van der Waals surface area contributed by atoms with Gasteiger partial charge in [-0.2, -0.15) is 0 Å². The van der Waals surface area contributed by atoms with Gasteiger partial charge in [-0.05, 0) is 18.6 Å². The van der Waals surface area contributed by atoms with E-state index in [1.54, 1.807) is 11.8 Å². The van der Waals surface area contributed by atoms with Crippen LogP contribution in [0.25, 0.3) is 0 Å². The highest BCUT2D eigenvalue weighted by molar-refractivity contribution is 7.99. The number of nitrogens with zero attached hydrogens (tertiary/aromatic N) is 1. The zero-order valence-electron chi connectivity index (χ0n) is 12.5. The molecular weight excluding hydrogens is 284 g/mol. The highest BCUT2D eigenvalue weighted by Crippen LogP contribution is 2.25. The van der Waals surface area contributed by atoms with Crippen molar-refractivity contribution in [3.8, 4) is 0 Å².